The topological polar surface area (TPSA) is 106 Å². The molecule has 0 radical (unpaired) electrons. The molecule has 2 aliphatic rings. The molecule has 14 heteroatoms. The number of nitriles is 1. The SMILES string of the molecule is N#Cc1cc(NN2NC(n3ccc(C(F)(F)F)n3)=CC(=NC3CC(F)(F)C3)N2)ccn1. The van der Waals surface area contributed by atoms with Crippen molar-refractivity contribution in [2.75, 3.05) is 5.43 Å². The second-order valence-electron chi connectivity index (χ2n) is 6.82. The van der Waals surface area contributed by atoms with Crippen LogP contribution in [0.2, 0.25) is 0 Å². The van der Waals surface area contributed by atoms with Gasteiger partial charge in [-0.25, -0.2) is 18.4 Å². The maximum atomic E-state index is 13.1. The molecule has 3 heterocycles. The highest BCUT2D eigenvalue weighted by molar-refractivity contribution is 5.97. The third-order valence-corrected chi connectivity index (χ3v) is 4.36. The molecule has 31 heavy (non-hydrogen) atoms. The van der Waals surface area contributed by atoms with Crippen LogP contribution in [0.5, 0.6) is 0 Å². The Kier molecular flexibility index (Phi) is 4.97. The third kappa shape index (κ3) is 4.72. The Hall–Kier alpha value is -3.73. The van der Waals surface area contributed by atoms with Crippen LogP contribution >= 0.6 is 0 Å². The van der Waals surface area contributed by atoms with E-state index < -0.39 is 36.7 Å². The Labute approximate surface area is 171 Å². The first kappa shape index (κ1) is 20.5. The zero-order valence-corrected chi connectivity index (χ0v) is 15.5. The van der Waals surface area contributed by atoms with Crippen LogP contribution < -0.4 is 16.3 Å². The number of aromatic nitrogens is 3. The van der Waals surface area contributed by atoms with Gasteiger partial charge in [0, 0.05) is 31.3 Å². The number of nitrogens with one attached hydrogen (secondary N) is 3. The normalized spacial score (nSPS) is 20.3. The maximum Gasteiger partial charge on any atom is 0.435 e. The number of halogens is 5. The molecule has 0 atom stereocenters. The molecule has 3 N–H and O–H groups in total. The summed E-state index contributed by atoms with van der Waals surface area (Å²) in [5.41, 5.74) is 7.81. The summed E-state index contributed by atoms with van der Waals surface area (Å²) in [6, 6.07) is 5.01. The fourth-order valence-corrected chi connectivity index (χ4v) is 2.91. The molecular formula is C17H14F5N9. The lowest BCUT2D eigenvalue weighted by molar-refractivity contribution is -0.141. The monoisotopic (exact) mass is 439 g/mol. The van der Waals surface area contributed by atoms with Gasteiger partial charge in [-0.15, -0.1) is 0 Å². The molecule has 0 bridgehead atoms. The zero-order chi connectivity index (χ0) is 22.2. The smallest absolute Gasteiger partial charge is 0.283 e. The minimum Gasteiger partial charge on any atom is -0.283 e. The number of pyridine rings is 1. The third-order valence-electron chi connectivity index (χ3n) is 4.36. The van der Waals surface area contributed by atoms with Crippen molar-refractivity contribution >= 4 is 17.3 Å². The van der Waals surface area contributed by atoms with Gasteiger partial charge in [-0.2, -0.15) is 23.5 Å². The summed E-state index contributed by atoms with van der Waals surface area (Å²) in [5, 5.41) is 13.6. The molecule has 0 spiro atoms. The molecule has 2 aromatic heterocycles. The number of amidine groups is 1. The summed E-state index contributed by atoms with van der Waals surface area (Å²) in [4.78, 5) is 8.03. The fraction of sp³-hybridized carbons (Fsp3) is 0.294. The number of hydrogen-bond donors (Lipinski definition) is 3. The molecule has 9 nitrogen and oxygen atoms in total. The molecular weight excluding hydrogens is 425 g/mol. The van der Waals surface area contributed by atoms with Gasteiger partial charge in [-0.1, -0.05) is 0 Å². The number of alkyl halides is 5. The number of aliphatic imine (C=N–C) groups is 1. The Bertz CT molecular complexity index is 1070. The van der Waals surface area contributed by atoms with Crippen LogP contribution in [0.4, 0.5) is 27.6 Å². The van der Waals surface area contributed by atoms with Gasteiger partial charge >= 0.3 is 6.18 Å². The summed E-state index contributed by atoms with van der Waals surface area (Å²) in [6.45, 7) is 0. The van der Waals surface area contributed by atoms with Gasteiger partial charge in [0.1, 0.15) is 23.4 Å². The van der Waals surface area contributed by atoms with Crippen molar-refractivity contribution in [3.63, 3.8) is 0 Å². The van der Waals surface area contributed by atoms with E-state index in [1.165, 1.54) is 18.3 Å². The second-order valence-corrected chi connectivity index (χ2v) is 6.82. The first-order chi connectivity index (χ1) is 14.6. The van der Waals surface area contributed by atoms with Crippen molar-refractivity contribution in [1.29, 1.82) is 5.26 Å². The van der Waals surface area contributed by atoms with E-state index in [9.17, 15) is 22.0 Å². The van der Waals surface area contributed by atoms with Crippen LogP contribution in [0.1, 0.15) is 24.2 Å². The molecule has 0 aromatic carbocycles. The molecule has 0 amide bonds. The summed E-state index contributed by atoms with van der Waals surface area (Å²) in [5.74, 6) is -2.58. The first-order valence-electron chi connectivity index (χ1n) is 8.88. The van der Waals surface area contributed by atoms with E-state index in [2.05, 4.69) is 31.4 Å². The molecule has 1 fully saturated rings. The van der Waals surface area contributed by atoms with Crippen molar-refractivity contribution in [3.8, 4) is 6.07 Å². The van der Waals surface area contributed by atoms with Crippen LogP contribution in [0.3, 0.4) is 0 Å². The molecule has 2 aromatic rings. The summed E-state index contributed by atoms with van der Waals surface area (Å²) in [6.07, 6.45) is -1.64. The Balaban J connectivity index is 1.60. The van der Waals surface area contributed by atoms with Crippen LogP contribution in [0, 0.1) is 11.3 Å². The van der Waals surface area contributed by atoms with Gasteiger partial charge in [0.2, 0.25) is 0 Å². The van der Waals surface area contributed by atoms with Crippen molar-refractivity contribution in [3.05, 3.63) is 48.1 Å². The first-order valence-corrected chi connectivity index (χ1v) is 8.88. The molecule has 4 rings (SSSR count). The van der Waals surface area contributed by atoms with Gasteiger partial charge in [0.25, 0.3) is 5.92 Å². The average Bonchev–Trinajstić information content (AvgIpc) is 3.17. The molecule has 1 saturated carbocycles. The van der Waals surface area contributed by atoms with Crippen LogP contribution in [-0.2, 0) is 6.18 Å². The fourth-order valence-electron chi connectivity index (χ4n) is 2.91. The Morgan fingerprint density at radius 2 is 2.03 bits per heavy atom. The van der Waals surface area contributed by atoms with E-state index in [1.54, 1.807) is 6.07 Å². The molecule has 1 aliphatic heterocycles. The molecule has 162 valence electrons. The largest absolute Gasteiger partial charge is 0.435 e. The number of hydrazine groups is 3. The van der Waals surface area contributed by atoms with Gasteiger partial charge in [0.05, 0.1) is 11.7 Å². The predicted molar refractivity (Wildman–Crippen MR) is 97.6 cm³/mol. The van der Waals surface area contributed by atoms with Crippen molar-refractivity contribution in [2.45, 2.75) is 31.0 Å². The molecule has 0 unspecified atom stereocenters. The summed E-state index contributed by atoms with van der Waals surface area (Å²) in [7, 11) is 0. The summed E-state index contributed by atoms with van der Waals surface area (Å²) < 4.78 is 65.9. The lowest BCUT2D eigenvalue weighted by Crippen LogP contribution is -2.57. The maximum absolute atomic E-state index is 13.1. The van der Waals surface area contributed by atoms with Crippen molar-refractivity contribution in [1.82, 2.24) is 30.8 Å². The van der Waals surface area contributed by atoms with E-state index in [1.807, 2.05) is 6.07 Å². The van der Waals surface area contributed by atoms with E-state index in [0.29, 0.717) is 5.69 Å². The van der Waals surface area contributed by atoms with Crippen LogP contribution in [0.25, 0.3) is 5.82 Å². The number of hydrogen-bond acceptors (Lipinski definition) is 7. The minimum atomic E-state index is -4.63. The van der Waals surface area contributed by atoms with Gasteiger partial charge in [0.15, 0.2) is 5.69 Å². The Morgan fingerprint density at radius 1 is 1.26 bits per heavy atom. The summed E-state index contributed by atoms with van der Waals surface area (Å²) >= 11 is 0. The van der Waals surface area contributed by atoms with Gasteiger partial charge < -0.3 is 0 Å². The van der Waals surface area contributed by atoms with E-state index in [4.69, 9.17) is 5.26 Å². The highest BCUT2D eigenvalue weighted by Gasteiger charge is 2.45. The Morgan fingerprint density at radius 3 is 2.68 bits per heavy atom. The van der Waals surface area contributed by atoms with E-state index >= 15 is 0 Å². The number of rotatable bonds is 4. The standard InChI is InChI=1S/C17H14F5N9/c18-16(19)7-12(8-16)25-14-6-15(30-4-2-13(27-30)17(20,21)22)29-31(28-14)26-10-1-3-24-11(5-10)9-23/h1-6,12,29H,7-8H2,(H,24,26)(H,25,28). The molecule has 1 aliphatic carbocycles. The van der Waals surface area contributed by atoms with E-state index in [-0.39, 0.29) is 17.4 Å². The van der Waals surface area contributed by atoms with Gasteiger partial charge in [-0.05, 0) is 23.4 Å². The quantitative estimate of drug-likeness (QED) is 0.629. The van der Waals surface area contributed by atoms with Crippen LogP contribution in [-0.4, -0.2) is 37.8 Å². The minimum absolute atomic E-state index is 0.0705. The highest BCUT2D eigenvalue weighted by Crippen LogP contribution is 2.39. The van der Waals surface area contributed by atoms with E-state index in [0.717, 1.165) is 22.2 Å². The van der Waals surface area contributed by atoms with Crippen molar-refractivity contribution in [2.24, 2.45) is 4.99 Å². The van der Waals surface area contributed by atoms with Crippen LogP contribution in [0.15, 0.2) is 41.7 Å². The lowest BCUT2D eigenvalue weighted by atomic mass is 9.89. The zero-order valence-electron chi connectivity index (χ0n) is 15.5. The predicted octanol–water partition coefficient (Wildman–Crippen LogP) is 2.52. The number of nitrogens with zero attached hydrogens (tertiary/aromatic N) is 6. The second kappa shape index (κ2) is 7.51. The highest BCUT2D eigenvalue weighted by atomic mass is 19.4. The number of anilines is 1. The van der Waals surface area contributed by atoms with Gasteiger partial charge in [-0.3, -0.25) is 21.3 Å². The van der Waals surface area contributed by atoms with Crippen molar-refractivity contribution < 1.29 is 22.0 Å². The molecule has 0 saturated heterocycles. The average molecular weight is 439 g/mol. The lowest BCUT2D eigenvalue weighted by Gasteiger charge is -2.35.